The van der Waals surface area contributed by atoms with Gasteiger partial charge >= 0.3 is 0 Å². The molecule has 2 unspecified atom stereocenters. The number of benzene rings is 1. The van der Waals surface area contributed by atoms with Crippen LogP contribution in [0.4, 0.5) is 0 Å². The maximum atomic E-state index is 6.54. The van der Waals surface area contributed by atoms with E-state index >= 15 is 0 Å². The Hall–Kier alpha value is -0.890. The second kappa shape index (κ2) is 6.51. The Labute approximate surface area is 122 Å². The zero-order valence-electron chi connectivity index (χ0n) is 12.8. The van der Waals surface area contributed by atoms with Gasteiger partial charge in [-0.25, -0.2) is 0 Å². The summed E-state index contributed by atoms with van der Waals surface area (Å²) in [6.07, 6.45) is 0.945. The highest BCUT2D eigenvalue weighted by atomic mass is 35.5. The number of ether oxygens (including phenoxy) is 2. The minimum absolute atomic E-state index is 0.00553. The first-order valence-electron chi connectivity index (χ1n) is 6.65. The van der Waals surface area contributed by atoms with E-state index in [0.717, 1.165) is 23.5 Å². The summed E-state index contributed by atoms with van der Waals surface area (Å²) in [5.41, 5.74) is 1.35. The van der Waals surface area contributed by atoms with Gasteiger partial charge in [0.05, 0.1) is 19.6 Å². The monoisotopic (exact) mass is 284 g/mol. The maximum absolute atomic E-state index is 6.54. The third kappa shape index (κ3) is 4.31. The smallest absolute Gasteiger partial charge is 0.161 e. The van der Waals surface area contributed by atoms with Crippen LogP contribution in [0.5, 0.6) is 11.5 Å². The lowest BCUT2D eigenvalue weighted by atomic mass is 9.79. The quantitative estimate of drug-likeness (QED) is 0.704. The highest BCUT2D eigenvalue weighted by Crippen LogP contribution is 2.38. The Bertz CT molecular complexity index is 410. The van der Waals surface area contributed by atoms with Crippen LogP contribution in [-0.4, -0.2) is 14.2 Å². The van der Waals surface area contributed by atoms with Crippen LogP contribution in [-0.2, 0) is 0 Å². The largest absolute Gasteiger partial charge is 0.493 e. The van der Waals surface area contributed by atoms with Crippen LogP contribution in [0.2, 0.25) is 0 Å². The summed E-state index contributed by atoms with van der Waals surface area (Å²) >= 11 is 6.54. The maximum Gasteiger partial charge on any atom is 0.161 e. The number of hydrogen-bond acceptors (Lipinski definition) is 2. The van der Waals surface area contributed by atoms with Gasteiger partial charge in [0.1, 0.15) is 0 Å². The molecule has 19 heavy (non-hydrogen) atoms. The van der Waals surface area contributed by atoms with Crippen molar-refractivity contribution < 1.29 is 9.47 Å². The van der Waals surface area contributed by atoms with E-state index in [-0.39, 0.29) is 10.8 Å². The molecule has 0 amide bonds. The zero-order valence-corrected chi connectivity index (χ0v) is 13.5. The lowest BCUT2D eigenvalue weighted by Gasteiger charge is -2.29. The summed E-state index contributed by atoms with van der Waals surface area (Å²) in [6.45, 7) is 8.98. The molecule has 0 aliphatic heterocycles. The molecule has 0 saturated heterocycles. The Balaban J connectivity index is 2.85. The molecule has 2 atom stereocenters. The molecule has 0 saturated carbocycles. The topological polar surface area (TPSA) is 18.5 Å². The Morgan fingerprint density at radius 1 is 1.11 bits per heavy atom. The van der Waals surface area contributed by atoms with Crippen LogP contribution < -0.4 is 9.47 Å². The van der Waals surface area contributed by atoms with Gasteiger partial charge in [0.15, 0.2) is 11.5 Å². The van der Waals surface area contributed by atoms with Gasteiger partial charge < -0.3 is 9.47 Å². The Kier molecular flexibility index (Phi) is 5.54. The molecule has 0 heterocycles. The summed E-state index contributed by atoms with van der Waals surface area (Å²) in [5.74, 6) is 2.01. The second-order valence-electron chi connectivity index (χ2n) is 6.08. The lowest BCUT2D eigenvalue weighted by Crippen LogP contribution is -2.18. The molecule has 0 aliphatic carbocycles. The lowest BCUT2D eigenvalue weighted by molar-refractivity contribution is 0.245. The number of methoxy groups -OCH3 is 2. The summed E-state index contributed by atoms with van der Waals surface area (Å²) < 4.78 is 10.6. The van der Waals surface area contributed by atoms with Crippen molar-refractivity contribution >= 4 is 11.6 Å². The zero-order chi connectivity index (χ0) is 14.6. The van der Waals surface area contributed by atoms with Gasteiger partial charge in [-0.3, -0.25) is 0 Å². The van der Waals surface area contributed by atoms with E-state index in [2.05, 4.69) is 27.7 Å². The van der Waals surface area contributed by atoms with Gasteiger partial charge in [-0.05, 0) is 35.4 Å². The Morgan fingerprint density at radius 2 is 1.68 bits per heavy atom. The summed E-state index contributed by atoms with van der Waals surface area (Å²) in [5, 5.41) is -0.00553. The van der Waals surface area contributed by atoms with Gasteiger partial charge in [0, 0.05) is 0 Å². The third-order valence-corrected chi connectivity index (χ3v) is 4.24. The molecule has 0 aromatic heterocycles. The van der Waals surface area contributed by atoms with Crippen molar-refractivity contribution in [3.05, 3.63) is 23.8 Å². The minimum Gasteiger partial charge on any atom is -0.493 e. The normalized spacial score (nSPS) is 14.9. The van der Waals surface area contributed by atoms with Crippen molar-refractivity contribution in [1.82, 2.24) is 0 Å². The SMILES string of the molecule is COc1ccc(C(Cl)CC(C)C(C)(C)C)cc1OC. The average molecular weight is 285 g/mol. The summed E-state index contributed by atoms with van der Waals surface area (Å²) in [4.78, 5) is 0. The standard InChI is InChI=1S/C16H25ClO2/c1-11(16(2,3)4)9-13(17)12-7-8-14(18-5)15(10-12)19-6/h7-8,10-11,13H,9H2,1-6H3. The number of halogens is 1. The molecule has 0 bridgehead atoms. The number of alkyl halides is 1. The molecule has 2 nitrogen and oxygen atoms in total. The first kappa shape index (κ1) is 16.2. The van der Waals surface area contributed by atoms with Crippen LogP contribution in [0.3, 0.4) is 0 Å². The fourth-order valence-corrected chi connectivity index (χ4v) is 2.25. The van der Waals surface area contributed by atoms with E-state index in [4.69, 9.17) is 21.1 Å². The summed E-state index contributed by atoms with van der Waals surface area (Å²) in [6, 6.07) is 5.88. The first-order valence-corrected chi connectivity index (χ1v) is 7.09. The van der Waals surface area contributed by atoms with Gasteiger partial charge in [-0.1, -0.05) is 33.8 Å². The van der Waals surface area contributed by atoms with Crippen molar-refractivity contribution in [2.24, 2.45) is 11.3 Å². The van der Waals surface area contributed by atoms with Crippen molar-refractivity contribution in [3.63, 3.8) is 0 Å². The molecule has 0 spiro atoms. The first-order chi connectivity index (χ1) is 8.79. The van der Waals surface area contributed by atoms with E-state index < -0.39 is 0 Å². The molecule has 108 valence electrons. The van der Waals surface area contributed by atoms with Crippen molar-refractivity contribution in [2.45, 2.75) is 39.5 Å². The van der Waals surface area contributed by atoms with Gasteiger partial charge in [-0.15, -0.1) is 11.6 Å². The van der Waals surface area contributed by atoms with Crippen molar-refractivity contribution in [3.8, 4) is 11.5 Å². The van der Waals surface area contributed by atoms with Crippen molar-refractivity contribution in [2.75, 3.05) is 14.2 Å². The van der Waals surface area contributed by atoms with Gasteiger partial charge in [-0.2, -0.15) is 0 Å². The van der Waals surface area contributed by atoms with Crippen LogP contribution >= 0.6 is 11.6 Å². The van der Waals surface area contributed by atoms with Gasteiger partial charge in [0.2, 0.25) is 0 Å². The number of rotatable bonds is 5. The van der Waals surface area contributed by atoms with Crippen LogP contribution in [0.1, 0.15) is 45.1 Å². The molecule has 0 N–H and O–H groups in total. The van der Waals surface area contributed by atoms with E-state index in [1.165, 1.54) is 0 Å². The van der Waals surface area contributed by atoms with E-state index in [0.29, 0.717) is 5.92 Å². The molecule has 1 aromatic rings. The predicted molar refractivity (Wildman–Crippen MR) is 81.4 cm³/mol. The average Bonchev–Trinajstić information content (AvgIpc) is 2.36. The molecular weight excluding hydrogens is 260 g/mol. The second-order valence-corrected chi connectivity index (χ2v) is 6.61. The van der Waals surface area contributed by atoms with E-state index in [1.54, 1.807) is 14.2 Å². The van der Waals surface area contributed by atoms with Crippen LogP contribution in [0.15, 0.2) is 18.2 Å². The predicted octanol–water partition coefficient (Wildman–Crippen LogP) is 5.06. The highest BCUT2D eigenvalue weighted by Gasteiger charge is 2.24. The van der Waals surface area contributed by atoms with E-state index in [1.807, 2.05) is 18.2 Å². The summed E-state index contributed by atoms with van der Waals surface area (Å²) in [7, 11) is 3.28. The third-order valence-electron chi connectivity index (χ3n) is 3.81. The number of hydrogen-bond donors (Lipinski definition) is 0. The molecule has 0 fully saturated rings. The fraction of sp³-hybridized carbons (Fsp3) is 0.625. The molecule has 1 rings (SSSR count). The van der Waals surface area contributed by atoms with E-state index in [9.17, 15) is 0 Å². The molecular formula is C16H25ClO2. The van der Waals surface area contributed by atoms with Crippen LogP contribution in [0, 0.1) is 11.3 Å². The minimum atomic E-state index is -0.00553. The molecule has 0 radical (unpaired) electrons. The van der Waals surface area contributed by atoms with Gasteiger partial charge in [0.25, 0.3) is 0 Å². The van der Waals surface area contributed by atoms with Crippen molar-refractivity contribution in [1.29, 1.82) is 0 Å². The highest BCUT2D eigenvalue weighted by molar-refractivity contribution is 6.20. The fourth-order valence-electron chi connectivity index (χ4n) is 1.85. The Morgan fingerprint density at radius 3 is 2.16 bits per heavy atom. The molecule has 3 heteroatoms. The molecule has 0 aliphatic rings. The molecule has 1 aromatic carbocycles. The van der Waals surface area contributed by atoms with Crippen LogP contribution in [0.25, 0.3) is 0 Å².